The third kappa shape index (κ3) is 4.96. The van der Waals surface area contributed by atoms with Gasteiger partial charge in [0.2, 0.25) is 0 Å². The summed E-state index contributed by atoms with van der Waals surface area (Å²) in [5.74, 6) is -0.237. The van der Waals surface area contributed by atoms with E-state index in [1.54, 1.807) is 18.3 Å². The average molecular weight is 320 g/mol. The molecule has 0 aliphatic heterocycles. The number of nitriles is 1. The second-order valence-corrected chi connectivity index (χ2v) is 5.49. The smallest absolute Gasteiger partial charge is 0.271 e. The summed E-state index contributed by atoms with van der Waals surface area (Å²) in [6, 6.07) is 17.2. The Kier molecular flexibility index (Phi) is 6.09. The van der Waals surface area contributed by atoms with Gasteiger partial charge in [-0.3, -0.25) is 4.79 Å². The summed E-state index contributed by atoms with van der Waals surface area (Å²) in [6.45, 7) is 2.66. The van der Waals surface area contributed by atoms with Crippen LogP contribution in [-0.4, -0.2) is 25.7 Å². The minimum atomic E-state index is -0.237. The minimum absolute atomic E-state index is 0.237. The summed E-state index contributed by atoms with van der Waals surface area (Å²) >= 11 is 0. The first kappa shape index (κ1) is 17.2. The van der Waals surface area contributed by atoms with Gasteiger partial charge in [-0.2, -0.15) is 10.4 Å². The highest BCUT2D eigenvalue weighted by Crippen LogP contribution is 2.13. The van der Waals surface area contributed by atoms with Crippen LogP contribution in [0.2, 0.25) is 0 Å². The molecule has 1 N–H and O–H groups in total. The highest BCUT2D eigenvalue weighted by molar-refractivity contribution is 5.94. The van der Waals surface area contributed by atoms with Gasteiger partial charge in [-0.15, -0.1) is 0 Å². The average Bonchev–Trinajstić information content (AvgIpc) is 2.60. The molecule has 0 aromatic heterocycles. The van der Waals surface area contributed by atoms with Crippen molar-refractivity contribution in [2.24, 2.45) is 5.10 Å². The molecule has 0 saturated heterocycles. The fourth-order valence-corrected chi connectivity index (χ4v) is 2.10. The zero-order chi connectivity index (χ0) is 17.4. The van der Waals surface area contributed by atoms with Gasteiger partial charge in [0.1, 0.15) is 0 Å². The summed E-state index contributed by atoms with van der Waals surface area (Å²) in [6.07, 6.45) is 2.09. The molecule has 122 valence electrons. The van der Waals surface area contributed by atoms with Crippen LogP contribution in [0.4, 0.5) is 5.69 Å². The molecule has 0 atom stereocenters. The number of anilines is 1. The Hall–Kier alpha value is -3.13. The molecule has 0 heterocycles. The molecule has 2 aromatic carbocycles. The molecule has 5 nitrogen and oxygen atoms in total. The molecule has 0 spiro atoms. The fraction of sp³-hybridized carbons (Fsp3) is 0.211. The normalized spacial score (nSPS) is 10.4. The zero-order valence-corrected chi connectivity index (χ0v) is 13.9. The Bertz CT molecular complexity index is 742. The van der Waals surface area contributed by atoms with E-state index in [4.69, 9.17) is 5.26 Å². The lowest BCUT2D eigenvalue weighted by molar-refractivity contribution is 0.0955. The van der Waals surface area contributed by atoms with E-state index in [9.17, 15) is 4.79 Å². The van der Waals surface area contributed by atoms with Crippen molar-refractivity contribution in [3.63, 3.8) is 0 Å². The van der Waals surface area contributed by atoms with Gasteiger partial charge in [0.25, 0.3) is 5.91 Å². The van der Waals surface area contributed by atoms with E-state index in [-0.39, 0.29) is 5.91 Å². The fourth-order valence-electron chi connectivity index (χ4n) is 2.10. The van der Waals surface area contributed by atoms with Gasteiger partial charge in [0.15, 0.2) is 0 Å². The first-order chi connectivity index (χ1) is 11.6. The van der Waals surface area contributed by atoms with E-state index >= 15 is 0 Å². The van der Waals surface area contributed by atoms with Crippen molar-refractivity contribution < 1.29 is 4.79 Å². The van der Waals surface area contributed by atoms with Crippen LogP contribution >= 0.6 is 0 Å². The molecule has 2 aromatic rings. The van der Waals surface area contributed by atoms with Crippen LogP contribution in [0.15, 0.2) is 53.6 Å². The van der Waals surface area contributed by atoms with Crippen molar-refractivity contribution in [3.8, 4) is 6.07 Å². The van der Waals surface area contributed by atoms with E-state index in [1.807, 2.05) is 55.3 Å². The number of hydrogen-bond donors (Lipinski definition) is 1. The molecule has 2 rings (SSSR count). The van der Waals surface area contributed by atoms with E-state index in [1.165, 1.54) is 0 Å². The number of hydrogen-bond acceptors (Lipinski definition) is 4. The van der Waals surface area contributed by atoms with Crippen LogP contribution in [0.1, 0.15) is 27.9 Å². The van der Waals surface area contributed by atoms with E-state index in [2.05, 4.69) is 16.6 Å². The number of nitrogens with one attached hydrogen (secondary N) is 1. The maximum atomic E-state index is 11.9. The predicted molar refractivity (Wildman–Crippen MR) is 96.2 cm³/mol. The summed E-state index contributed by atoms with van der Waals surface area (Å²) in [5, 5.41) is 12.6. The Morgan fingerprint density at radius 1 is 1.21 bits per heavy atom. The van der Waals surface area contributed by atoms with Crippen molar-refractivity contribution in [2.75, 3.05) is 18.5 Å². The Labute approximate surface area is 142 Å². The highest BCUT2D eigenvalue weighted by atomic mass is 16.2. The number of amides is 1. The topological polar surface area (TPSA) is 68.5 Å². The van der Waals surface area contributed by atoms with Gasteiger partial charge in [0.05, 0.1) is 18.7 Å². The largest absolute Gasteiger partial charge is 0.374 e. The molecule has 0 saturated carbocycles. The van der Waals surface area contributed by atoms with Crippen molar-refractivity contribution >= 4 is 17.8 Å². The van der Waals surface area contributed by atoms with Crippen LogP contribution in [0.25, 0.3) is 0 Å². The van der Waals surface area contributed by atoms with Crippen LogP contribution < -0.4 is 10.3 Å². The van der Waals surface area contributed by atoms with Crippen LogP contribution in [0.3, 0.4) is 0 Å². The first-order valence-electron chi connectivity index (χ1n) is 7.68. The van der Waals surface area contributed by atoms with E-state index in [0.29, 0.717) is 18.5 Å². The molecule has 5 heteroatoms. The minimum Gasteiger partial charge on any atom is -0.374 e. The second-order valence-electron chi connectivity index (χ2n) is 5.49. The summed E-state index contributed by atoms with van der Waals surface area (Å²) in [5.41, 5.74) is 6.12. The van der Waals surface area contributed by atoms with Crippen molar-refractivity contribution in [3.05, 3.63) is 65.2 Å². The van der Waals surface area contributed by atoms with Crippen LogP contribution in [-0.2, 0) is 0 Å². The van der Waals surface area contributed by atoms with Crippen LogP contribution in [0.5, 0.6) is 0 Å². The molecule has 0 unspecified atom stereocenters. The summed E-state index contributed by atoms with van der Waals surface area (Å²) in [4.78, 5) is 13.9. The Morgan fingerprint density at radius 2 is 1.88 bits per heavy atom. The maximum Gasteiger partial charge on any atom is 0.271 e. The third-order valence-corrected chi connectivity index (χ3v) is 3.59. The van der Waals surface area contributed by atoms with Crippen molar-refractivity contribution in [2.45, 2.75) is 13.3 Å². The zero-order valence-electron chi connectivity index (χ0n) is 13.9. The molecule has 0 radical (unpaired) electrons. The van der Waals surface area contributed by atoms with Gasteiger partial charge in [-0.05, 0) is 36.8 Å². The molecular weight excluding hydrogens is 300 g/mol. The number of carbonyl (C=O) groups is 1. The molecule has 0 aliphatic rings. The monoisotopic (exact) mass is 320 g/mol. The number of rotatable bonds is 6. The second kappa shape index (κ2) is 8.49. The molecule has 0 bridgehead atoms. The standard InChI is InChI=1S/C19H20N4O/c1-15-4-8-17(9-5-15)19(24)22-21-14-16-6-10-18(11-7-16)23(2)13-3-12-20/h4-11,14H,3,13H2,1-2H3,(H,22,24)/b21-14-. The number of nitrogens with zero attached hydrogens (tertiary/aromatic N) is 3. The number of aryl methyl sites for hydroxylation is 1. The van der Waals surface area contributed by atoms with Crippen molar-refractivity contribution in [1.29, 1.82) is 5.26 Å². The first-order valence-corrected chi connectivity index (χ1v) is 7.68. The lowest BCUT2D eigenvalue weighted by Gasteiger charge is -2.17. The lowest BCUT2D eigenvalue weighted by Crippen LogP contribution is -2.18. The van der Waals surface area contributed by atoms with E-state index in [0.717, 1.165) is 16.8 Å². The predicted octanol–water partition coefficient (Wildman–Crippen LogP) is 3.11. The van der Waals surface area contributed by atoms with Gasteiger partial charge in [-0.1, -0.05) is 29.8 Å². The Balaban J connectivity index is 1.91. The van der Waals surface area contributed by atoms with Gasteiger partial charge in [-0.25, -0.2) is 5.43 Å². The van der Waals surface area contributed by atoms with Gasteiger partial charge in [0, 0.05) is 24.8 Å². The summed E-state index contributed by atoms with van der Waals surface area (Å²) < 4.78 is 0. The molecule has 24 heavy (non-hydrogen) atoms. The quantitative estimate of drug-likeness (QED) is 0.657. The number of benzene rings is 2. The third-order valence-electron chi connectivity index (χ3n) is 3.59. The van der Waals surface area contributed by atoms with E-state index < -0.39 is 0 Å². The molecule has 0 aliphatic carbocycles. The summed E-state index contributed by atoms with van der Waals surface area (Å²) in [7, 11) is 1.95. The van der Waals surface area contributed by atoms with Gasteiger partial charge < -0.3 is 4.90 Å². The lowest BCUT2D eigenvalue weighted by atomic mass is 10.1. The van der Waals surface area contributed by atoms with Gasteiger partial charge >= 0.3 is 0 Å². The number of hydrazone groups is 1. The highest BCUT2D eigenvalue weighted by Gasteiger charge is 2.03. The maximum absolute atomic E-state index is 11.9. The molecule has 0 fully saturated rings. The SMILES string of the molecule is Cc1ccc(C(=O)N/N=C\c2ccc(N(C)CCC#N)cc2)cc1. The Morgan fingerprint density at radius 3 is 2.50 bits per heavy atom. The number of carbonyl (C=O) groups excluding carboxylic acids is 1. The van der Waals surface area contributed by atoms with Crippen molar-refractivity contribution in [1.82, 2.24) is 5.43 Å². The molecule has 1 amide bonds. The van der Waals surface area contributed by atoms with Crippen LogP contribution in [0, 0.1) is 18.3 Å². The molecular formula is C19H20N4O.